The predicted octanol–water partition coefficient (Wildman–Crippen LogP) is 1.28. The van der Waals surface area contributed by atoms with Crippen molar-refractivity contribution in [1.82, 2.24) is 4.90 Å². The van der Waals surface area contributed by atoms with Gasteiger partial charge in [0.05, 0.1) is 7.11 Å². The van der Waals surface area contributed by atoms with Gasteiger partial charge in [-0.3, -0.25) is 4.79 Å². The summed E-state index contributed by atoms with van der Waals surface area (Å²) < 4.78 is 5.06. The minimum atomic E-state index is 0.612. The summed E-state index contributed by atoms with van der Waals surface area (Å²) in [4.78, 5) is 11.9. The predicted molar refractivity (Wildman–Crippen MR) is 50.5 cm³/mol. The van der Waals surface area contributed by atoms with E-state index in [9.17, 15) is 4.79 Å². The van der Waals surface area contributed by atoms with E-state index in [-0.39, 0.29) is 0 Å². The number of hydrogen-bond donors (Lipinski definition) is 0. The fourth-order valence-corrected chi connectivity index (χ4v) is 1.10. The van der Waals surface area contributed by atoms with Crippen LogP contribution in [0, 0.1) is 0 Å². The highest BCUT2D eigenvalue weighted by molar-refractivity contribution is 5.46. The minimum absolute atomic E-state index is 0.612. The van der Waals surface area contributed by atoms with Gasteiger partial charge in [-0.2, -0.15) is 0 Å². The number of hydrogen-bond acceptors (Lipinski definition) is 2. The molecule has 3 nitrogen and oxygen atoms in total. The van der Waals surface area contributed by atoms with E-state index in [0.29, 0.717) is 6.54 Å². The van der Waals surface area contributed by atoms with Gasteiger partial charge in [0.1, 0.15) is 5.75 Å². The number of ether oxygens (including phenoxy) is 1. The van der Waals surface area contributed by atoms with Gasteiger partial charge in [-0.1, -0.05) is 12.1 Å². The fraction of sp³-hybridized carbons (Fsp3) is 0.300. The first-order chi connectivity index (χ1) is 6.26. The van der Waals surface area contributed by atoms with Crippen molar-refractivity contribution in [3.05, 3.63) is 29.8 Å². The molecule has 0 aliphatic carbocycles. The number of carbonyl (C=O) groups excluding carboxylic acids is 1. The molecule has 13 heavy (non-hydrogen) atoms. The Kier molecular flexibility index (Phi) is 3.31. The minimum Gasteiger partial charge on any atom is -0.497 e. The molecule has 0 fully saturated rings. The lowest BCUT2D eigenvalue weighted by atomic mass is 10.2. The molecule has 0 saturated heterocycles. The van der Waals surface area contributed by atoms with Crippen molar-refractivity contribution >= 4 is 6.41 Å². The van der Waals surface area contributed by atoms with Crippen molar-refractivity contribution in [2.45, 2.75) is 6.54 Å². The Hall–Kier alpha value is -1.51. The van der Waals surface area contributed by atoms with E-state index in [4.69, 9.17) is 4.74 Å². The molecule has 70 valence electrons. The zero-order valence-corrected chi connectivity index (χ0v) is 7.86. The molecule has 0 aromatic heterocycles. The number of amides is 1. The first kappa shape index (κ1) is 9.58. The van der Waals surface area contributed by atoms with Gasteiger partial charge in [0.15, 0.2) is 0 Å². The van der Waals surface area contributed by atoms with E-state index in [1.165, 1.54) is 0 Å². The van der Waals surface area contributed by atoms with Gasteiger partial charge in [0, 0.05) is 13.6 Å². The third-order valence-corrected chi connectivity index (χ3v) is 1.75. The van der Waals surface area contributed by atoms with Crippen molar-refractivity contribution in [2.75, 3.05) is 14.2 Å². The largest absolute Gasteiger partial charge is 0.497 e. The molecule has 0 aliphatic heterocycles. The molecule has 1 aromatic rings. The summed E-state index contributed by atoms with van der Waals surface area (Å²) >= 11 is 0. The van der Waals surface area contributed by atoms with Crippen LogP contribution in [0.4, 0.5) is 0 Å². The topological polar surface area (TPSA) is 29.5 Å². The van der Waals surface area contributed by atoms with Crippen LogP contribution >= 0.6 is 0 Å². The smallest absolute Gasteiger partial charge is 0.209 e. The lowest BCUT2D eigenvalue weighted by molar-refractivity contribution is -0.117. The molecule has 0 radical (unpaired) electrons. The molecular formula is C10H13NO2. The normalized spacial score (nSPS) is 9.38. The van der Waals surface area contributed by atoms with Crippen LogP contribution in [-0.2, 0) is 11.3 Å². The average molecular weight is 179 g/mol. The second-order valence-electron chi connectivity index (χ2n) is 2.87. The highest BCUT2D eigenvalue weighted by Gasteiger charge is 1.98. The maximum atomic E-state index is 10.4. The van der Waals surface area contributed by atoms with Gasteiger partial charge < -0.3 is 9.64 Å². The molecule has 0 bridgehead atoms. The van der Waals surface area contributed by atoms with Crippen molar-refractivity contribution in [3.8, 4) is 5.75 Å². The lowest BCUT2D eigenvalue weighted by Gasteiger charge is -2.10. The molecule has 0 N–H and O–H groups in total. The van der Waals surface area contributed by atoms with E-state index < -0.39 is 0 Å². The van der Waals surface area contributed by atoms with Gasteiger partial charge in [-0.15, -0.1) is 0 Å². The molecule has 3 heteroatoms. The number of methoxy groups -OCH3 is 1. The summed E-state index contributed by atoms with van der Waals surface area (Å²) in [5.41, 5.74) is 1.06. The molecule has 1 rings (SSSR count). The van der Waals surface area contributed by atoms with Crippen molar-refractivity contribution in [1.29, 1.82) is 0 Å². The molecule has 0 atom stereocenters. The lowest BCUT2D eigenvalue weighted by Crippen LogP contribution is -2.14. The standard InChI is InChI=1S/C10H13NO2/c1-11(8-12)7-9-4-3-5-10(6-9)13-2/h3-6,8H,7H2,1-2H3. The summed E-state index contributed by atoms with van der Waals surface area (Å²) in [7, 11) is 3.37. The second kappa shape index (κ2) is 4.50. The van der Waals surface area contributed by atoms with Crippen LogP contribution in [0.1, 0.15) is 5.56 Å². The van der Waals surface area contributed by atoms with Crippen LogP contribution in [0.3, 0.4) is 0 Å². The quantitative estimate of drug-likeness (QED) is 0.652. The zero-order valence-electron chi connectivity index (χ0n) is 7.86. The van der Waals surface area contributed by atoms with Crippen LogP contribution < -0.4 is 4.74 Å². The van der Waals surface area contributed by atoms with Crippen molar-refractivity contribution in [3.63, 3.8) is 0 Å². The monoisotopic (exact) mass is 179 g/mol. The highest BCUT2D eigenvalue weighted by Crippen LogP contribution is 2.13. The summed E-state index contributed by atoms with van der Waals surface area (Å²) in [6.07, 6.45) is 0.805. The third kappa shape index (κ3) is 2.78. The maximum absolute atomic E-state index is 10.4. The second-order valence-corrected chi connectivity index (χ2v) is 2.87. The summed E-state index contributed by atoms with van der Waals surface area (Å²) in [5.74, 6) is 0.816. The van der Waals surface area contributed by atoms with E-state index in [1.54, 1.807) is 19.1 Å². The van der Waals surface area contributed by atoms with Crippen LogP contribution in [0.25, 0.3) is 0 Å². The number of nitrogens with zero attached hydrogens (tertiary/aromatic N) is 1. The molecule has 0 saturated carbocycles. The highest BCUT2D eigenvalue weighted by atomic mass is 16.5. The van der Waals surface area contributed by atoms with Crippen LogP contribution in [0.5, 0.6) is 5.75 Å². The van der Waals surface area contributed by atoms with Crippen molar-refractivity contribution < 1.29 is 9.53 Å². The Morgan fingerprint density at radius 1 is 1.54 bits per heavy atom. The molecular weight excluding hydrogens is 166 g/mol. The maximum Gasteiger partial charge on any atom is 0.209 e. The molecule has 0 spiro atoms. The third-order valence-electron chi connectivity index (χ3n) is 1.75. The van der Waals surface area contributed by atoms with Crippen LogP contribution in [-0.4, -0.2) is 25.5 Å². The average Bonchev–Trinajstić information content (AvgIpc) is 2.18. The van der Waals surface area contributed by atoms with Gasteiger partial charge in [-0.25, -0.2) is 0 Å². The number of carbonyl (C=O) groups is 1. The molecule has 0 unspecified atom stereocenters. The van der Waals surface area contributed by atoms with Gasteiger partial charge >= 0.3 is 0 Å². The van der Waals surface area contributed by atoms with Crippen molar-refractivity contribution in [2.24, 2.45) is 0 Å². The Morgan fingerprint density at radius 2 is 2.31 bits per heavy atom. The Labute approximate surface area is 77.9 Å². The Balaban J connectivity index is 2.71. The van der Waals surface area contributed by atoms with E-state index in [1.807, 2.05) is 24.3 Å². The van der Waals surface area contributed by atoms with E-state index in [2.05, 4.69) is 0 Å². The SMILES string of the molecule is COc1cccc(CN(C)C=O)c1. The molecule has 1 aromatic carbocycles. The molecule has 1 amide bonds. The summed E-state index contributed by atoms with van der Waals surface area (Å²) in [5, 5.41) is 0. The van der Waals surface area contributed by atoms with Gasteiger partial charge in [0.25, 0.3) is 0 Å². The zero-order chi connectivity index (χ0) is 9.68. The van der Waals surface area contributed by atoms with E-state index >= 15 is 0 Å². The fourth-order valence-electron chi connectivity index (χ4n) is 1.10. The summed E-state index contributed by atoms with van der Waals surface area (Å²) in [6.45, 7) is 0.612. The first-order valence-corrected chi connectivity index (χ1v) is 4.04. The summed E-state index contributed by atoms with van der Waals surface area (Å²) in [6, 6.07) is 7.67. The number of benzene rings is 1. The van der Waals surface area contributed by atoms with Crippen LogP contribution in [0.2, 0.25) is 0 Å². The first-order valence-electron chi connectivity index (χ1n) is 4.04. The van der Waals surface area contributed by atoms with Gasteiger partial charge in [0.2, 0.25) is 6.41 Å². The molecule has 0 heterocycles. The Morgan fingerprint density at radius 3 is 2.92 bits per heavy atom. The Bertz CT molecular complexity index is 286. The van der Waals surface area contributed by atoms with E-state index in [0.717, 1.165) is 17.7 Å². The molecule has 0 aliphatic rings. The van der Waals surface area contributed by atoms with Crippen LogP contribution in [0.15, 0.2) is 24.3 Å². The van der Waals surface area contributed by atoms with Gasteiger partial charge in [-0.05, 0) is 17.7 Å². The number of rotatable bonds is 4.